The van der Waals surface area contributed by atoms with Crippen LogP contribution >= 0.6 is 0 Å². The fourth-order valence-electron chi connectivity index (χ4n) is 15.8. The van der Waals surface area contributed by atoms with Crippen LogP contribution in [0.15, 0.2) is 34.3 Å². The third kappa shape index (κ3) is 18.9. The number of ketones is 2. The second-order valence-corrected chi connectivity index (χ2v) is 30.2. The molecule has 0 unspecified atom stereocenters. The number of carbonyl (C=O) groups is 6. The molecule has 542 valence electrons. The van der Waals surface area contributed by atoms with Gasteiger partial charge in [-0.25, -0.2) is 19.2 Å². The SMILES string of the molecule is C=C1CO[C@@H]2[C@@H](C)C(=NC(C)=O)[C@H](C)C[C@@](C)(OC1)[C@H](O[C@@H]1O[C@H](C)C[C@H](N(C)C)[C@H]1C)[C@@H](C)C(=O)[C@@H](C)C(=O)O[C@H](CC)[C@@]2(C)O.C=C1CO[C@@H]2[C@@H](C)C(=NC(C)=O)[C@H](C)C[C@@](C)(OC1)[C@H](O[C@@H]1O[C@H](C)C[C@H](N(C)C)[C@H]1C)[C@@H](C)C(=O)[C@](C)(F)C(=O)O[C@H](CC)[C@@]2(C)O. The lowest BCUT2D eigenvalue weighted by molar-refractivity contribution is -0.282. The zero-order valence-corrected chi connectivity index (χ0v) is 61.7. The molecular formula is C72H119FN4O18. The zero-order chi connectivity index (χ0) is 72.1. The monoisotopic (exact) mass is 1350 g/mol. The maximum Gasteiger partial charge on any atom is 0.351 e. The third-order valence-corrected chi connectivity index (χ3v) is 21.1. The van der Waals surface area contributed by atoms with Crippen LogP contribution in [0.4, 0.5) is 4.39 Å². The van der Waals surface area contributed by atoms with E-state index in [4.69, 9.17) is 47.4 Å². The van der Waals surface area contributed by atoms with Crippen molar-refractivity contribution >= 4 is 46.7 Å². The summed E-state index contributed by atoms with van der Waals surface area (Å²) in [6.07, 6.45) is -5.65. The molecule has 0 spiro atoms. The highest BCUT2D eigenvalue weighted by molar-refractivity contribution is 6.08. The molecule has 22 nitrogen and oxygen atoms in total. The van der Waals surface area contributed by atoms with Gasteiger partial charge in [0.15, 0.2) is 24.1 Å². The maximum absolute atomic E-state index is 16.6. The first-order valence-electron chi connectivity index (χ1n) is 34.4. The number of aliphatic imine (C=N–C) groups is 2. The van der Waals surface area contributed by atoms with E-state index < -0.39 is 142 Å². The Hall–Kier alpha value is -4.11. The summed E-state index contributed by atoms with van der Waals surface area (Å²) in [5.41, 5.74) is -7.08. The van der Waals surface area contributed by atoms with E-state index in [-0.39, 0.29) is 93.5 Å². The standard InChI is InChI=1S/C36H59FN2O9.C36H60N2O9/c1-14-27-36(11,43)31-23(6)28(38-25(8)40)20(3)16-34(9,45-18-19(2)17-44-31)30(24(7)29(41)35(10,37)33(42)47-27)48-32-22(5)26(39(12)13)15-21(4)46-32;1-14-28-36(11,42)32-23(6)29(37-26(9)39)20(3)16-35(10,44-18-19(2)17-43-32)31(24(7)30(40)25(8)33(41)46-28)47-34-22(5)27(38(12)13)15-21(4)45-34/h20-24,26-27,30-32,43H,2,14-18H2,1,3-13H3;20-25,27-28,31-32,34,42H,2,14-18H2,1,3-13H3/t20-,21-,22-,23+,24+,26+,27-,30-,31-,32+,34-,35+,36-;20-,21-,22-,23+,24+,25-,27+,28-,31-,32-,34+,35-,36-/m11/s1. The number of amides is 2. The van der Waals surface area contributed by atoms with Crippen LogP contribution < -0.4 is 0 Å². The van der Waals surface area contributed by atoms with Gasteiger partial charge in [-0.2, -0.15) is 0 Å². The number of Topliss-reactive ketones (excluding diaryl/α,β-unsaturated/α-hetero) is 2. The molecule has 6 saturated heterocycles. The van der Waals surface area contributed by atoms with E-state index in [0.717, 1.165) is 19.8 Å². The van der Waals surface area contributed by atoms with Crippen LogP contribution in [-0.4, -0.2) is 223 Å². The summed E-state index contributed by atoms with van der Waals surface area (Å²) in [7, 11) is 8.04. The van der Waals surface area contributed by atoms with Crippen molar-refractivity contribution < 1.29 is 90.7 Å². The number of alkyl halides is 1. The summed E-state index contributed by atoms with van der Waals surface area (Å²) in [6, 6.07) is 0.262. The molecule has 2 amide bonds. The summed E-state index contributed by atoms with van der Waals surface area (Å²) in [6.45, 7) is 42.5. The van der Waals surface area contributed by atoms with Crippen molar-refractivity contribution in [3.8, 4) is 0 Å². The normalized spacial score (nSPS) is 44.5. The van der Waals surface area contributed by atoms with Gasteiger partial charge in [0.1, 0.15) is 29.3 Å². The predicted molar refractivity (Wildman–Crippen MR) is 358 cm³/mol. The molecule has 95 heavy (non-hydrogen) atoms. The number of esters is 2. The first-order valence-corrected chi connectivity index (χ1v) is 34.4. The van der Waals surface area contributed by atoms with Gasteiger partial charge >= 0.3 is 11.9 Å². The van der Waals surface area contributed by atoms with Gasteiger partial charge in [0.05, 0.1) is 74.3 Å². The number of hydrogen-bond donors (Lipinski definition) is 2. The van der Waals surface area contributed by atoms with Crippen LogP contribution in [0.3, 0.4) is 0 Å². The predicted octanol–water partition coefficient (Wildman–Crippen LogP) is 8.85. The molecule has 0 aromatic rings. The molecule has 2 N–H and O–H groups in total. The first kappa shape index (κ1) is 81.6. The van der Waals surface area contributed by atoms with Crippen molar-refractivity contribution in [2.24, 2.45) is 63.2 Å². The minimum Gasteiger partial charge on any atom is -0.459 e. The smallest absolute Gasteiger partial charge is 0.351 e. The number of hydrogen-bond acceptors (Lipinski definition) is 20. The topological polar surface area (TPSA) is 266 Å². The summed E-state index contributed by atoms with van der Waals surface area (Å²) >= 11 is 0. The largest absolute Gasteiger partial charge is 0.459 e. The lowest BCUT2D eigenvalue weighted by Gasteiger charge is -2.48. The average Bonchev–Trinajstić information content (AvgIpc) is 1.61. The van der Waals surface area contributed by atoms with Gasteiger partial charge in [-0.05, 0) is 145 Å². The second kappa shape index (κ2) is 32.9. The van der Waals surface area contributed by atoms with Crippen molar-refractivity contribution in [1.82, 2.24) is 9.80 Å². The highest BCUT2D eigenvalue weighted by Crippen LogP contribution is 2.45. The number of halogens is 1. The van der Waals surface area contributed by atoms with Gasteiger partial charge in [-0.1, -0.05) is 82.4 Å². The Morgan fingerprint density at radius 3 is 1.32 bits per heavy atom. The number of ether oxygens (including phenoxy) is 10. The van der Waals surface area contributed by atoms with Gasteiger partial charge in [0.25, 0.3) is 5.67 Å². The molecule has 26 atom stereocenters. The fraction of sp³-hybridized carbons (Fsp3) is 0.833. The minimum atomic E-state index is -3.09. The molecule has 0 aromatic heterocycles. The quantitative estimate of drug-likeness (QED) is 0.130. The summed E-state index contributed by atoms with van der Waals surface area (Å²) < 4.78 is 80.7. The van der Waals surface area contributed by atoms with Crippen molar-refractivity contribution in [2.75, 3.05) is 54.6 Å². The number of nitrogens with zero attached hydrogens (tertiary/aromatic N) is 4. The van der Waals surface area contributed by atoms with Gasteiger partial charge in [-0.15, -0.1) is 0 Å². The highest BCUT2D eigenvalue weighted by atomic mass is 19.1. The average molecular weight is 1350 g/mol. The van der Waals surface area contributed by atoms with Crippen LogP contribution in [0, 0.1) is 53.3 Å². The highest BCUT2D eigenvalue weighted by Gasteiger charge is 2.58. The number of carbonyl (C=O) groups excluding carboxylic acids is 6. The van der Waals surface area contributed by atoms with Crippen LogP contribution in [0.2, 0.25) is 0 Å². The molecule has 6 rings (SSSR count). The molecule has 23 heteroatoms. The van der Waals surface area contributed by atoms with E-state index >= 15 is 4.39 Å². The van der Waals surface area contributed by atoms with E-state index in [1.54, 1.807) is 41.5 Å². The van der Waals surface area contributed by atoms with E-state index in [0.29, 0.717) is 29.0 Å². The van der Waals surface area contributed by atoms with Crippen LogP contribution in [0.5, 0.6) is 0 Å². The minimum absolute atomic E-state index is 0.0102. The number of cyclic esters (lactones) is 2. The molecule has 6 fully saturated rings. The van der Waals surface area contributed by atoms with E-state index in [2.05, 4.69) is 39.9 Å². The van der Waals surface area contributed by atoms with Crippen LogP contribution in [0.1, 0.15) is 177 Å². The summed E-state index contributed by atoms with van der Waals surface area (Å²) in [5.74, 6) is -9.95. The summed E-state index contributed by atoms with van der Waals surface area (Å²) in [5, 5.41) is 24.1. The molecule has 0 aliphatic carbocycles. The Morgan fingerprint density at radius 2 is 0.958 bits per heavy atom. The number of aliphatic hydroxyl groups is 2. The van der Waals surface area contributed by atoms with Crippen molar-refractivity contribution in [3.63, 3.8) is 0 Å². The van der Waals surface area contributed by atoms with Gasteiger partial charge in [0, 0.05) is 72.9 Å². The van der Waals surface area contributed by atoms with E-state index in [9.17, 15) is 39.0 Å². The van der Waals surface area contributed by atoms with Gasteiger partial charge in [-0.3, -0.25) is 24.0 Å². The molecule has 6 heterocycles. The summed E-state index contributed by atoms with van der Waals surface area (Å²) in [4.78, 5) is 94.0. The number of fused-ring (bicyclic) bond motifs is 10. The van der Waals surface area contributed by atoms with Crippen LogP contribution in [0.25, 0.3) is 0 Å². The van der Waals surface area contributed by atoms with E-state index in [1.807, 2.05) is 76.7 Å². The van der Waals surface area contributed by atoms with Crippen molar-refractivity contribution in [3.05, 3.63) is 24.3 Å². The molecule has 0 radical (unpaired) electrons. The second-order valence-electron chi connectivity index (χ2n) is 30.2. The Balaban J connectivity index is 0.000000344. The zero-order valence-electron chi connectivity index (χ0n) is 61.7. The Bertz CT molecular complexity index is 2790. The molecule has 0 saturated carbocycles. The maximum atomic E-state index is 16.6. The van der Waals surface area contributed by atoms with Gasteiger partial charge < -0.3 is 67.4 Å². The lowest BCUT2D eigenvalue weighted by atomic mass is 9.73. The van der Waals surface area contributed by atoms with Crippen molar-refractivity contribution in [1.29, 1.82) is 0 Å². The molecule has 0 aromatic carbocycles. The lowest BCUT2D eigenvalue weighted by Crippen LogP contribution is -2.60. The fourth-order valence-corrected chi connectivity index (χ4v) is 15.8. The van der Waals surface area contributed by atoms with Crippen molar-refractivity contribution in [2.45, 2.75) is 279 Å². The first-order chi connectivity index (χ1) is 43.8. The molecular weight excluding hydrogens is 1230 g/mol. The van der Waals surface area contributed by atoms with Crippen LogP contribution in [-0.2, 0) is 76.1 Å². The Morgan fingerprint density at radius 1 is 0.589 bits per heavy atom. The third-order valence-electron chi connectivity index (χ3n) is 21.1. The Labute approximate surface area is 565 Å². The Kier molecular flexibility index (Phi) is 28.3. The molecule has 4 bridgehead atoms. The molecule has 6 aliphatic heterocycles. The molecule has 6 aliphatic rings. The van der Waals surface area contributed by atoms with E-state index in [1.165, 1.54) is 34.6 Å². The number of rotatable bonds is 8. The van der Waals surface area contributed by atoms with Gasteiger partial charge in [0.2, 0.25) is 11.8 Å².